The molecule has 0 aliphatic heterocycles. The number of methoxy groups -OCH3 is 1. The number of rotatable bonds is 10. The molecule has 17 heteroatoms. The number of ether oxygens (including phenoxy) is 1. The first-order valence-corrected chi connectivity index (χ1v) is 16.3. The number of sulfonamides is 1. The molecule has 50 heavy (non-hydrogen) atoms. The monoisotopic (exact) mass is 698 g/mol. The van der Waals surface area contributed by atoms with Crippen molar-refractivity contribution in [3.63, 3.8) is 0 Å². The van der Waals surface area contributed by atoms with E-state index in [0.29, 0.717) is 22.2 Å². The maximum Gasteiger partial charge on any atom is 0.335 e. The maximum absolute atomic E-state index is 15.2. The van der Waals surface area contributed by atoms with Gasteiger partial charge in [0, 0.05) is 19.7 Å². The fourth-order valence-corrected chi connectivity index (χ4v) is 6.26. The number of hydrogen-bond acceptors (Lipinski definition) is 10. The third-order valence-corrected chi connectivity index (χ3v) is 9.20. The third kappa shape index (κ3) is 6.61. The number of amides is 1. The van der Waals surface area contributed by atoms with Crippen LogP contribution in [0, 0.1) is 5.82 Å². The third-order valence-electron chi connectivity index (χ3n) is 7.80. The highest BCUT2D eigenvalue weighted by Gasteiger charge is 2.25. The normalized spacial score (nSPS) is 12.0. The molecule has 6 rings (SSSR count). The van der Waals surface area contributed by atoms with Gasteiger partial charge in [-0.15, -0.1) is 5.10 Å². The average molecular weight is 699 g/mol. The van der Waals surface area contributed by atoms with Gasteiger partial charge in [0.2, 0.25) is 0 Å². The molecule has 0 saturated heterocycles. The maximum atomic E-state index is 15.2. The Hall–Kier alpha value is -6.49. The van der Waals surface area contributed by atoms with Gasteiger partial charge in [-0.25, -0.2) is 31.6 Å². The topological polar surface area (TPSA) is 189 Å². The summed E-state index contributed by atoms with van der Waals surface area (Å²) in [5.74, 6) is -2.81. The Morgan fingerprint density at radius 3 is 2.34 bits per heavy atom. The van der Waals surface area contributed by atoms with Gasteiger partial charge < -0.3 is 10.1 Å². The molecule has 3 aromatic heterocycles. The van der Waals surface area contributed by atoms with E-state index in [2.05, 4.69) is 25.3 Å². The standard InChI is InChI=1S/C33H27FN8O7S/c1-40-29-19-35-14-13-26(29)31(44)42(33(40)46)23-6-3-20(4-7-23)17-28(32(45)49-2)37-30(43)25-12-5-21(18-27(25)34)38-50(47,48)24-10-8-22(9-11-24)41-16-15-36-39-41/h3-16,18-19,28,38H,17H2,1-2H3,(H,37,43)/t28-/m0/s1. The molecule has 1 atom stereocenters. The van der Waals surface area contributed by atoms with Gasteiger partial charge in [0.1, 0.15) is 11.9 Å². The largest absolute Gasteiger partial charge is 0.467 e. The van der Waals surface area contributed by atoms with Crippen molar-refractivity contribution in [3.8, 4) is 11.4 Å². The van der Waals surface area contributed by atoms with Crippen LogP contribution in [-0.2, 0) is 33.0 Å². The summed E-state index contributed by atoms with van der Waals surface area (Å²) in [4.78, 5) is 55.7. The molecular formula is C33H27FN8O7S. The van der Waals surface area contributed by atoms with Crippen molar-refractivity contribution >= 4 is 38.5 Å². The number of aromatic nitrogens is 6. The number of esters is 1. The molecule has 254 valence electrons. The number of benzene rings is 3. The number of nitrogens with zero attached hydrogens (tertiary/aromatic N) is 6. The van der Waals surface area contributed by atoms with Crippen LogP contribution in [0.1, 0.15) is 15.9 Å². The molecule has 0 unspecified atom stereocenters. The first-order chi connectivity index (χ1) is 24.0. The fourth-order valence-electron chi connectivity index (χ4n) is 5.21. The summed E-state index contributed by atoms with van der Waals surface area (Å²) in [6, 6.07) is 15.3. The van der Waals surface area contributed by atoms with Crippen LogP contribution in [0.5, 0.6) is 0 Å². The van der Waals surface area contributed by atoms with Gasteiger partial charge in [0.15, 0.2) is 0 Å². The van der Waals surface area contributed by atoms with Crippen molar-refractivity contribution in [2.24, 2.45) is 7.05 Å². The highest BCUT2D eigenvalue weighted by atomic mass is 32.2. The van der Waals surface area contributed by atoms with Gasteiger partial charge >= 0.3 is 11.7 Å². The fraction of sp³-hybridized carbons (Fsp3) is 0.121. The quantitative estimate of drug-likeness (QED) is 0.201. The molecule has 3 heterocycles. The van der Waals surface area contributed by atoms with Crippen molar-refractivity contribution < 1.29 is 27.1 Å². The SMILES string of the molecule is COC(=O)[C@H](Cc1ccc(-n2c(=O)c3ccncc3n(C)c2=O)cc1)NC(=O)c1ccc(NS(=O)(=O)c2ccc(-n3ccnn3)cc2)cc1F. The van der Waals surface area contributed by atoms with E-state index < -0.39 is 50.6 Å². The minimum Gasteiger partial charge on any atom is -0.467 e. The first-order valence-electron chi connectivity index (χ1n) is 14.8. The van der Waals surface area contributed by atoms with Crippen LogP contribution in [0.4, 0.5) is 10.1 Å². The van der Waals surface area contributed by atoms with Gasteiger partial charge in [0.05, 0.1) is 64.1 Å². The second kappa shape index (κ2) is 13.6. The van der Waals surface area contributed by atoms with Crippen molar-refractivity contribution in [2.45, 2.75) is 17.4 Å². The molecule has 0 spiro atoms. The number of fused-ring (bicyclic) bond motifs is 1. The number of anilines is 1. The minimum absolute atomic E-state index is 0.0792. The number of halogens is 1. The van der Waals surface area contributed by atoms with E-state index >= 15 is 4.39 Å². The van der Waals surface area contributed by atoms with Crippen LogP contribution in [0.3, 0.4) is 0 Å². The van der Waals surface area contributed by atoms with Gasteiger partial charge in [-0.3, -0.25) is 23.9 Å². The number of carbonyl (C=O) groups is 2. The average Bonchev–Trinajstić information content (AvgIpc) is 3.66. The summed E-state index contributed by atoms with van der Waals surface area (Å²) in [6.07, 6.45) is 5.87. The summed E-state index contributed by atoms with van der Waals surface area (Å²) < 4.78 is 51.9. The Labute approximate surface area is 282 Å². The molecule has 0 aliphatic carbocycles. The molecule has 15 nitrogen and oxygen atoms in total. The van der Waals surface area contributed by atoms with E-state index in [-0.39, 0.29) is 22.7 Å². The number of carbonyl (C=O) groups excluding carboxylic acids is 2. The number of nitrogens with one attached hydrogen (secondary N) is 2. The highest BCUT2D eigenvalue weighted by molar-refractivity contribution is 7.92. The Morgan fingerprint density at radius 1 is 0.960 bits per heavy atom. The van der Waals surface area contributed by atoms with Crippen molar-refractivity contribution in [1.29, 1.82) is 0 Å². The molecule has 1 amide bonds. The Balaban J connectivity index is 1.16. The van der Waals surface area contributed by atoms with Crippen molar-refractivity contribution in [1.82, 2.24) is 34.4 Å². The van der Waals surface area contributed by atoms with Crippen LogP contribution < -0.4 is 21.3 Å². The molecular weight excluding hydrogens is 671 g/mol. The van der Waals surface area contributed by atoms with Crippen LogP contribution in [0.2, 0.25) is 0 Å². The van der Waals surface area contributed by atoms with Gasteiger partial charge in [-0.2, -0.15) is 0 Å². The Bertz CT molecular complexity index is 2460. The van der Waals surface area contributed by atoms with E-state index in [0.717, 1.165) is 23.8 Å². The summed E-state index contributed by atoms with van der Waals surface area (Å²) >= 11 is 0. The molecule has 6 aromatic rings. The van der Waals surface area contributed by atoms with Gasteiger partial charge in [-0.1, -0.05) is 17.3 Å². The lowest BCUT2D eigenvalue weighted by atomic mass is 10.0. The highest BCUT2D eigenvalue weighted by Crippen LogP contribution is 2.21. The van der Waals surface area contributed by atoms with Crippen LogP contribution in [0.15, 0.2) is 112 Å². The van der Waals surface area contributed by atoms with E-state index in [4.69, 9.17) is 4.74 Å². The number of aryl methyl sites for hydroxylation is 1. The molecule has 0 bridgehead atoms. The molecule has 3 aromatic carbocycles. The number of pyridine rings is 1. The molecule has 0 aliphatic rings. The summed E-state index contributed by atoms with van der Waals surface area (Å²) in [5.41, 5.74) is 0.0618. The van der Waals surface area contributed by atoms with Gasteiger partial charge in [0.25, 0.3) is 21.5 Å². The Morgan fingerprint density at radius 2 is 1.68 bits per heavy atom. The second-order valence-electron chi connectivity index (χ2n) is 10.9. The zero-order chi connectivity index (χ0) is 35.6. The predicted octanol–water partition coefficient (Wildman–Crippen LogP) is 2.12. The summed E-state index contributed by atoms with van der Waals surface area (Å²) in [5, 5.41) is 10.3. The lowest BCUT2D eigenvalue weighted by molar-refractivity contribution is -0.142. The van der Waals surface area contributed by atoms with Gasteiger partial charge in [-0.05, 0) is 66.2 Å². The predicted molar refractivity (Wildman–Crippen MR) is 178 cm³/mol. The van der Waals surface area contributed by atoms with Crippen molar-refractivity contribution in [3.05, 3.63) is 135 Å². The van der Waals surface area contributed by atoms with Crippen molar-refractivity contribution in [2.75, 3.05) is 11.8 Å². The first kappa shape index (κ1) is 33.4. The second-order valence-corrected chi connectivity index (χ2v) is 12.6. The Kier molecular flexibility index (Phi) is 9.06. The van der Waals surface area contributed by atoms with E-state index in [9.17, 15) is 27.6 Å². The number of hydrogen-bond donors (Lipinski definition) is 2. The minimum atomic E-state index is -4.12. The summed E-state index contributed by atoms with van der Waals surface area (Å²) in [7, 11) is -1.46. The van der Waals surface area contributed by atoms with E-state index in [1.165, 1.54) is 83.4 Å². The lowest BCUT2D eigenvalue weighted by Crippen LogP contribution is -2.43. The molecule has 0 fully saturated rings. The molecule has 0 radical (unpaired) electrons. The van der Waals surface area contributed by atoms with Crippen LogP contribution in [0.25, 0.3) is 22.3 Å². The molecule has 0 saturated carbocycles. The summed E-state index contributed by atoms with van der Waals surface area (Å²) in [6.45, 7) is 0. The zero-order valence-corrected chi connectivity index (χ0v) is 27.2. The van der Waals surface area contributed by atoms with E-state index in [1.54, 1.807) is 18.3 Å². The molecule has 2 N–H and O–H groups in total. The van der Waals surface area contributed by atoms with Crippen LogP contribution in [-0.4, -0.2) is 62.6 Å². The smallest absolute Gasteiger partial charge is 0.335 e. The van der Waals surface area contributed by atoms with Crippen LogP contribution >= 0.6 is 0 Å². The lowest BCUT2D eigenvalue weighted by Gasteiger charge is -2.18. The van der Waals surface area contributed by atoms with E-state index in [1.807, 2.05) is 0 Å². The zero-order valence-electron chi connectivity index (χ0n) is 26.3.